The van der Waals surface area contributed by atoms with Crippen molar-refractivity contribution >= 4 is 53.3 Å². The minimum atomic E-state index is -1.81. The molecule has 0 aromatic heterocycles. The van der Waals surface area contributed by atoms with E-state index in [1.807, 2.05) is 5.32 Å². The van der Waals surface area contributed by atoms with Crippen LogP contribution in [0, 0.1) is 5.92 Å². The van der Waals surface area contributed by atoms with Crippen LogP contribution in [-0.4, -0.2) is 129 Å². The van der Waals surface area contributed by atoms with Crippen molar-refractivity contribution < 1.29 is 63.6 Å². The zero-order valence-electron chi connectivity index (χ0n) is 27.1. The molecule has 48 heavy (non-hydrogen) atoms. The first-order chi connectivity index (χ1) is 22.1. The number of aliphatic hydroxyl groups is 2. The van der Waals surface area contributed by atoms with Gasteiger partial charge in [-0.05, 0) is 33.1 Å². The van der Waals surface area contributed by atoms with E-state index < -0.39 is 121 Å². The molecular formula is C27H46N8O13. The number of nitrogens with two attached hydrogens (primary N) is 2. The number of carbonyl (C=O) groups is 9. The molecular weight excluding hydrogens is 644 g/mol. The second kappa shape index (κ2) is 20.4. The maximum atomic E-state index is 13.2. The molecule has 0 aliphatic rings. The van der Waals surface area contributed by atoms with Crippen LogP contribution in [0.3, 0.4) is 0 Å². The molecule has 0 bridgehead atoms. The lowest BCUT2D eigenvalue weighted by Gasteiger charge is -2.27. The molecule has 14 N–H and O–H groups in total. The Balaban J connectivity index is 5.79. The number of primary amides is 1. The van der Waals surface area contributed by atoms with Crippen LogP contribution in [-0.2, 0) is 43.2 Å². The fraction of sp³-hybridized carbons (Fsp3) is 0.667. The Morgan fingerprint density at radius 3 is 1.56 bits per heavy atom. The summed E-state index contributed by atoms with van der Waals surface area (Å²) in [5.74, 6) is -10.6. The van der Waals surface area contributed by atoms with Gasteiger partial charge < -0.3 is 63.8 Å². The van der Waals surface area contributed by atoms with Crippen LogP contribution in [0.25, 0.3) is 0 Å². The highest BCUT2D eigenvalue weighted by atomic mass is 16.4. The average molecular weight is 691 g/mol. The van der Waals surface area contributed by atoms with E-state index in [4.69, 9.17) is 11.5 Å². The topological polar surface area (TPSA) is 359 Å². The fourth-order valence-electron chi connectivity index (χ4n) is 3.84. The molecule has 7 amide bonds. The van der Waals surface area contributed by atoms with E-state index in [1.165, 1.54) is 13.8 Å². The van der Waals surface area contributed by atoms with E-state index in [9.17, 15) is 63.6 Å². The highest BCUT2D eigenvalue weighted by Crippen LogP contribution is 2.08. The molecule has 0 saturated heterocycles. The number of hydrogen-bond acceptors (Lipinski definition) is 12. The lowest BCUT2D eigenvalue weighted by atomic mass is 10.0. The Bertz CT molecular complexity index is 1210. The Hall–Kier alpha value is -4.89. The zero-order valence-corrected chi connectivity index (χ0v) is 27.1. The summed E-state index contributed by atoms with van der Waals surface area (Å²) in [5, 5.41) is 50.6. The predicted octanol–water partition coefficient (Wildman–Crippen LogP) is -5.88. The third kappa shape index (κ3) is 16.1. The third-order valence-electron chi connectivity index (χ3n) is 6.45. The van der Waals surface area contributed by atoms with Crippen molar-refractivity contribution in [2.75, 3.05) is 6.54 Å². The van der Waals surface area contributed by atoms with Crippen molar-refractivity contribution in [2.45, 2.75) is 102 Å². The first-order valence-corrected chi connectivity index (χ1v) is 14.7. The van der Waals surface area contributed by atoms with Gasteiger partial charge in [0.1, 0.15) is 30.2 Å². The van der Waals surface area contributed by atoms with Gasteiger partial charge in [0.15, 0.2) is 6.04 Å². The van der Waals surface area contributed by atoms with E-state index in [0.717, 1.165) is 6.92 Å². The number of nitrogens with one attached hydrogen (secondary N) is 6. The van der Waals surface area contributed by atoms with Crippen molar-refractivity contribution in [3.8, 4) is 0 Å². The number of carboxylic acids is 2. The van der Waals surface area contributed by atoms with Gasteiger partial charge in [0.05, 0.1) is 31.6 Å². The first-order valence-electron chi connectivity index (χ1n) is 14.7. The lowest BCUT2D eigenvalue weighted by Crippen LogP contribution is -2.60. The van der Waals surface area contributed by atoms with Crippen LogP contribution < -0.4 is 43.4 Å². The normalized spacial score (nSPS) is 15.9. The van der Waals surface area contributed by atoms with Gasteiger partial charge in [0.2, 0.25) is 41.4 Å². The van der Waals surface area contributed by atoms with Crippen molar-refractivity contribution in [3.63, 3.8) is 0 Å². The smallest absolute Gasteiger partial charge is 0.328 e. The summed E-state index contributed by atoms with van der Waals surface area (Å²) in [6.07, 6.45) is -4.64. The van der Waals surface area contributed by atoms with E-state index in [0.29, 0.717) is 0 Å². The molecule has 0 unspecified atom stereocenters. The second-order valence-electron chi connectivity index (χ2n) is 11.4. The maximum Gasteiger partial charge on any atom is 0.328 e. The molecule has 0 aromatic carbocycles. The number of hydrogen-bond donors (Lipinski definition) is 12. The molecule has 0 aromatic rings. The maximum absolute atomic E-state index is 13.2. The van der Waals surface area contributed by atoms with Crippen LogP contribution in [0.2, 0.25) is 0 Å². The van der Waals surface area contributed by atoms with E-state index in [2.05, 4.69) is 26.6 Å². The van der Waals surface area contributed by atoms with Gasteiger partial charge in [-0.1, -0.05) is 13.8 Å². The van der Waals surface area contributed by atoms with Gasteiger partial charge in [-0.3, -0.25) is 38.4 Å². The Labute approximate surface area is 275 Å². The number of carboxylic acid groups (broad SMARTS) is 2. The van der Waals surface area contributed by atoms with Crippen LogP contribution >= 0.6 is 0 Å². The molecule has 0 radical (unpaired) electrons. The minimum absolute atomic E-state index is 0.0987. The van der Waals surface area contributed by atoms with E-state index in [-0.39, 0.29) is 12.3 Å². The monoisotopic (exact) mass is 690 g/mol. The Morgan fingerprint density at radius 2 is 1.10 bits per heavy atom. The predicted molar refractivity (Wildman–Crippen MR) is 163 cm³/mol. The Morgan fingerprint density at radius 1 is 0.625 bits per heavy atom. The minimum Gasteiger partial charge on any atom is -0.481 e. The quantitative estimate of drug-likeness (QED) is 0.0534. The van der Waals surface area contributed by atoms with Crippen LogP contribution in [0.5, 0.6) is 0 Å². The van der Waals surface area contributed by atoms with Crippen molar-refractivity contribution in [1.29, 1.82) is 0 Å². The van der Waals surface area contributed by atoms with Gasteiger partial charge in [0.25, 0.3) is 0 Å². The summed E-state index contributed by atoms with van der Waals surface area (Å²) >= 11 is 0. The molecule has 0 aliphatic heterocycles. The van der Waals surface area contributed by atoms with Crippen molar-refractivity contribution in [3.05, 3.63) is 0 Å². The molecule has 0 saturated carbocycles. The summed E-state index contributed by atoms with van der Waals surface area (Å²) in [6, 6.07) is -9.49. The van der Waals surface area contributed by atoms with Crippen LogP contribution in [0.4, 0.5) is 0 Å². The summed E-state index contributed by atoms with van der Waals surface area (Å²) in [6.45, 7) is 6.20. The summed E-state index contributed by atoms with van der Waals surface area (Å²) < 4.78 is 0. The summed E-state index contributed by atoms with van der Waals surface area (Å²) in [5.41, 5.74) is 10.6. The number of amides is 7. The fourth-order valence-corrected chi connectivity index (χ4v) is 3.84. The second-order valence-corrected chi connectivity index (χ2v) is 11.4. The number of carbonyl (C=O) groups excluding carboxylic acids is 7. The molecule has 0 aliphatic carbocycles. The molecule has 0 fully saturated rings. The van der Waals surface area contributed by atoms with Crippen molar-refractivity contribution in [2.24, 2.45) is 17.4 Å². The Kier molecular flexibility index (Phi) is 18.3. The first kappa shape index (κ1) is 43.1. The number of aliphatic carboxylic acids is 2. The van der Waals surface area contributed by atoms with Crippen LogP contribution in [0.15, 0.2) is 0 Å². The molecule has 21 heteroatoms. The average Bonchev–Trinajstić information content (AvgIpc) is 2.95. The molecule has 21 nitrogen and oxygen atoms in total. The van der Waals surface area contributed by atoms with Gasteiger partial charge >= 0.3 is 11.9 Å². The highest BCUT2D eigenvalue weighted by Gasteiger charge is 2.34. The lowest BCUT2D eigenvalue weighted by molar-refractivity contribution is -0.145. The van der Waals surface area contributed by atoms with Crippen LogP contribution in [0.1, 0.15) is 53.9 Å². The van der Waals surface area contributed by atoms with Crippen molar-refractivity contribution in [1.82, 2.24) is 31.9 Å². The molecule has 0 rings (SSSR count). The molecule has 0 heterocycles. The third-order valence-corrected chi connectivity index (χ3v) is 6.45. The van der Waals surface area contributed by atoms with Gasteiger partial charge in [-0.25, -0.2) is 4.79 Å². The van der Waals surface area contributed by atoms with E-state index in [1.54, 1.807) is 13.8 Å². The highest BCUT2D eigenvalue weighted by molar-refractivity contribution is 5.98. The molecule has 0 spiro atoms. The summed E-state index contributed by atoms with van der Waals surface area (Å²) in [4.78, 5) is 110. The molecule has 272 valence electrons. The number of rotatable bonds is 21. The zero-order chi connectivity index (χ0) is 37.5. The summed E-state index contributed by atoms with van der Waals surface area (Å²) in [7, 11) is 0. The molecule has 8 atom stereocenters. The van der Waals surface area contributed by atoms with E-state index >= 15 is 0 Å². The SMILES string of the molecule is CC(C)C[C@H](NC(=O)[C@H](CC(=O)O)NC(=O)[C@H](C)NC(=O)CNC(=O)[C@@H](N)[C@@H](C)O)C(=O)N[C@@H](CC(N)=O)C(=O)N[C@H](C(=O)O)[C@@H](C)O. The largest absolute Gasteiger partial charge is 0.481 e. The van der Waals surface area contributed by atoms with Gasteiger partial charge in [0, 0.05) is 0 Å². The standard InChI is InChI=1S/C27H46N8O13/c1-10(2)6-14(23(43)34-15(7-17(28)38)25(45)35-21(13(5)37)27(47)48)33-24(44)16(8-19(40)41)32-22(42)11(3)31-18(39)9-30-26(46)20(29)12(4)36/h10-16,20-21,36-37H,6-9,29H2,1-5H3,(H2,28,38)(H,30,46)(H,31,39)(H,32,42)(H,33,44)(H,34,43)(H,35,45)(H,40,41)(H,47,48)/t11-,12+,13+,14-,15-,16-,20-,21-/m0/s1. The van der Waals surface area contributed by atoms with Gasteiger partial charge in [-0.15, -0.1) is 0 Å². The van der Waals surface area contributed by atoms with Gasteiger partial charge in [-0.2, -0.15) is 0 Å². The number of aliphatic hydroxyl groups excluding tert-OH is 2.